The number of para-hydroxylation sites is 1. The molecule has 2 aromatic rings. The van der Waals surface area contributed by atoms with Crippen molar-refractivity contribution in [3.8, 4) is 5.75 Å². The zero-order chi connectivity index (χ0) is 19.2. The van der Waals surface area contributed by atoms with E-state index in [0.717, 1.165) is 12.0 Å². The molecule has 0 radical (unpaired) electrons. The van der Waals surface area contributed by atoms with Crippen LogP contribution in [-0.4, -0.2) is 54.9 Å². The zero-order valence-corrected chi connectivity index (χ0v) is 16.1. The quantitative estimate of drug-likeness (QED) is 0.810. The minimum Gasteiger partial charge on any atom is -0.496 e. The Balaban J connectivity index is 1.62. The molecule has 142 valence electrons. The maximum Gasteiger partial charge on any atom is 0.257 e. The minimum atomic E-state index is -0.0561. The second kappa shape index (κ2) is 8.91. The monoisotopic (exact) mass is 386 g/mol. The molecule has 0 unspecified atom stereocenters. The fourth-order valence-corrected chi connectivity index (χ4v) is 3.38. The zero-order valence-electron chi connectivity index (χ0n) is 15.4. The summed E-state index contributed by atoms with van der Waals surface area (Å²) in [6, 6.07) is 14.6. The molecule has 1 aliphatic heterocycles. The predicted molar refractivity (Wildman–Crippen MR) is 105 cm³/mol. The molecule has 0 aliphatic carbocycles. The van der Waals surface area contributed by atoms with Crippen molar-refractivity contribution in [3.63, 3.8) is 0 Å². The highest BCUT2D eigenvalue weighted by Gasteiger charge is 2.24. The van der Waals surface area contributed by atoms with Crippen LogP contribution in [0.15, 0.2) is 48.5 Å². The van der Waals surface area contributed by atoms with Crippen LogP contribution >= 0.6 is 11.6 Å². The van der Waals surface area contributed by atoms with Gasteiger partial charge in [0.2, 0.25) is 5.91 Å². The Morgan fingerprint density at radius 3 is 2.37 bits per heavy atom. The van der Waals surface area contributed by atoms with Crippen LogP contribution in [0, 0.1) is 0 Å². The van der Waals surface area contributed by atoms with Gasteiger partial charge in [0.05, 0.1) is 19.1 Å². The number of ether oxygens (including phenoxy) is 1. The molecule has 1 aliphatic rings. The SMILES string of the molecule is COc1ccccc1C(=O)N1CCCN(C(=O)Cc2ccc(Cl)cc2)CC1. The Kier molecular flexibility index (Phi) is 6.35. The number of carbonyl (C=O) groups is 2. The standard InChI is InChI=1S/C21H23ClN2O3/c1-27-19-6-3-2-5-18(19)21(26)24-12-4-11-23(13-14-24)20(25)15-16-7-9-17(22)10-8-16/h2-3,5-10H,4,11-15H2,1H3. The number of hydrogen-bond donors (Lipinski definition) is 0. The van der Waals surface area contributed by atoms with Crippen molar-refractivity contribution in [1.82, 2.24) is 9.80 Å². The highest BCUT2D eigenvalue weighted by atomic mass is 35.5. The molecule has 2 aromatic carbocycles. The third-order valence-electron chi connectivity index (χ3n) is 4.74. The van der Waals surface area contributed by atoms with E-state index in [-0.39, 0.29) is 11.8 Å². The predicted octanol–water partition coefficient (Wildman–Crippen LogP) is 3.27. The van der Waals surface area contributed by atoms with Crippen LogP contribution in [0.3, 0.4) is 0 Å². The number of amides is 2. The summed E-state index contributed by atoms with van der Waals surface area (Å²) >= 11 is 5.89. The summed E-state index contributed by atoms with van der Waals surface area (Å²) in [5.41, 5.74) is 1.50. The van der Waals surface area contributed by atoms with Crippen molar-refractivity contribution < 1.29 is 14.3 Å². The van der Waals surface area contributed by atoms with E-state index in [2.05, 4.69) is 0 Å². The fourth-order valence-electron chi connectivity index (χ4n) is 3.25. The number of halogens is 1. The van der Waals surface area contributed by atoms with Crippen LogP contribution in [0.2, 0.25) is 5.02 Å². The number of rotatable bonds is 4. The minimum absolute atomic E-state index is 0.0561. The molecule has 0 spiro atoms. The topological polar surface area (TPSA) is 49.9 Å². The summed E-state index contributed by atoms with van der Waals surface area (Å²) in [5.74, 6) is 0.589. The summed E-state index contributed by atoms with van der Waals surface area (Å²) in [6.07, 6.45) is 1.10. The van der Waals surface area contributed by atoms with Crippen molar-refractivity contribution in [2.75, 3.05) is 33.3 Å². The van der Waals surface area contributed by atoms with Gasteiger partial charge in [-0.05, 0) is 36.2 Å². The van der Waals surface area contributed by atoms with E-state index < -0.39 is 0 Å². The molecule has 27 heavy (non-hydrogen) atoms. The first-order chi connectivity index (χ1) is 13.1. The van der Waals surface area contributed by atoms with Crippen LogP contribution in [0.4, 0.5) is 0 Å². The van der Waals surface area contributed by atoms with Crippen LogP contribution in [0.1, 0.15) is 22.3 Å². The second-order valence-electron chi connectivity index (χ2n) is 6.53. The van der Waals surface area contributed by atoms with E-state index in [4.69, 9.17) is 16.3 Å². The van der Waals surface area contributed by atoms with Gasteiger partial charge in [-0.1, -0.05) is 35.9 Å². The summed E-state index contributed by atoms with van der Waals surface area (Å²) in [7, 11) is 1.56. The van der Waals surface area contributed by atoms with Crippen molar-refractivity contribution in [1.29, 1.82) is 0 Å². The number of methoxy groups -OCH3 is 1. The highest BCUT2D eigenvalue weighted by Crippen LogP contribution is 2.20. The molecule has 5 nitrogen and oxygen atoms in total. The summed E-state index contributed by atoms with van der Waals surface area (Å²) in [4.78, 5) is 29.1. The molecule has 3 rings (SSSR count). The third kappa shape index (κ3) is 4.80. The molecule has 0 saturated carbocycles. The lowest BCUT2D eigenvalue weighted by Gasteiger charge is -2.23. The van der Waals surface area contributed by atoms with Gasteiger partial charge in [-0.15, -0.1) is 0 Å². The van der Waals surface area contributed by atoms with E-state index in [1.165, 1.54) is 0 Å². The van der Waals surface area contributed by atoms with E-state index in [0.29, 0.717) is 48.9 Å². The molecule has 1 heterocycles. The molecule has 1 saturated heterocycles. The van der Waals surface area contributed by atoms with Gasteiger partial charge in [-0.2, -0.15) is 0 Å². The fraction of sp³-hybridized carbons (Fsp3) is 0.333. The molecule has 2 amide bonds. The van der Waals surface area contributed by atoms with Gasteiger partial charge in [0.1, 0.15) is 5.75 Å². The molecule has 1 fully saturated rings. The van der Waals surface area contributed by atoms with Gasteiger partial charge < -0.3 is 14.5 Å². The Morgan fingerprint density at radius 1 is 0.963 bits per heavy atom. The van der Waals surface area contributed by atoms with Crippen molar-refractivity contribution >= 4 is 23.4 Å². The molecular weight excluding hydrogens is 364 g/mol. The Labute approximate surface area is 164 Å². The first kappa shape index (κ1) is 19.2. The third-order valence-corrected chi connectivity index (χ3v) is 4.99. The van der Waals surface area contributed by atoms with Crippen LogP contribution in [-0.2, 0) is 11.2 Å². The lowest BCUT2D eigenvalue weighted by atomic mass is 10.1. The Hall–Kier alpha value is -2.53. The highest BCUT2D eigenvalue weighted by molar-refractivity contribution is 6.30. The van der Waals surface area contributed by atoms with Gasteiger partial charge >= 0.3 is 0 Å². The molecule has 6 heteroatoms. The van der Waals surface area contributed by atoms with E-state index in [1.807, 2.05) is 29.2 Å². The average Bonchev–Trinajstić information content (AvgIpc) is 2.95. The summed E-state index contributed by atoms with van der Waals surface area (Å²) in [6.45, 7) is 2.33. The Morgan fingerprint density at radius 2 is 1.63 bits per heavy atom. The Bertz CT molecular complexity index is 807. The van der Waals surface area contributed by atoms with Gasteiger partial charge in [0, 0.05) is 31.2 Å². The maximum atomic E-state index is 12.9. The lowest BCUT2D eigenvalue weighted by molar-refractivity contribution is -0.130. The number of carbonyl (C=O) groups excluding carboxylic acids is 2. The summed E-state index contributed by atoms with van der Waals surface area (Å²) in [5, 5.41) is 0.659. The molecule has 0 aromatic heterocycles. The molecule has 0 atom stereocenters. The van der Waals surface area contributed by atoms with Gasteiger partial charge in [0.25, 0.3) is 5.91 Å². The molecule has 0 bridgehead atoms. The van der Waals surface area contributed by atoms with Gasteiger partial charge in [-0.25, -0.2) is 0 Å². The lowest BCUT2D eigenvalue weighted by Crippen LogP contribution is -2.38. The van der Waals surface area contributed by atoms with Gasteiger partial charge in [0.15, 0.2) is 0 Å². The smallest absolute Gasteiger partial charge is 0.257 e. The molecular formula is C21H23ClN2O3. The van der Waals surface area contributed by atoms with Crippen molar-refractivity contribution in [2.24, 2.45) is 0 Å². The van der Waals surface area contributed by atoms with E-state index in [1.54, 1.807) is 36.3 Å². The van der Waals surface area contributed by atoms with Crippen molar-refractivity contribution in [2.45, 2.75) is 12.8 Å². The molecule has 0 N–H and O–H groups in total. The summed E-state index contributed by atoms with van der Waals surface area (Å²) < 4.78 is 5.30. The normalized spacial score (nSPS) is 14.6. The van der Waals surface area contributed by atoms with Gasteiger partial charge in [-0.3, -0.25) is 9.59 Å². The van der Waals surface area contributed by atoms with E-state index >= 15 is 0 Å². The van der Waals surface area contributed by atoms with Crippen LogP contribution < -0.4 is 4.74 Å². The van der Waals surface area contributed by atoms with Crippen LogP contribution in [0.25, 0.3) is 0 Å². The number of hydrogen-bond acceptors (Lipinski definition) is 3. The maximum absolute atomic E-state index is 12.9. The number of benzene rings is 2. The van der Waals surface area contributed by atoms with Crippen LogP contribution in [0.5, 0.6) is 5.75 Å². The second-order valence-corrected chi connectivity index (χ2v) is 6.97. The average molecular weight is 387 g/mol. The van der Waals surface area contributed by atoms with Crippen molar-refractivity contribution in [3.05, 3.63) is 64.7 Å². The first-order valence-corrected chi connectivity index (χ1v) is 9.41. The largest absolute Gasteiger partial charge is 0.496 e. The number of nitrogens with zero attached hydrogens (tertiary/aromatic N) is 2. The van der Waals surface area contributed by atoms with E-state index in [9.17, 15) is 9.59 Å². The first-order valence-electron chi connectivity index (χ1n) is 9.03.